The summed E-state index contributed by atoms with van der Waals surface area (Å²) in [5.41, 5.74) is 5.02. The maximum atomic E-state index is 11.5. The molecule has 0 spiro atoms. The third-order valence-electron chi connectivity index (χ3n) is 3.05. The number of nitrogens with two attached hydrogens (primary N) is 1. The van der Waals surface area contributed by atoms with Crippen molar-refractivity contribution in [2.45, 2.75) is 31.7 Å². The van der Waals surface area contributed by atoms with E-state index >= 15 is 0 Å². The molecule has 1 rings (SSSR count). The Kier molecular flexibility index (Phi) is 3.89. The second-order valence-electron chi connectivity index (χ2n) is 4.13. The van der Waals surface area contributed by atoms with Gasteiger partial charge in [0.2, 0.25) is 5.91 Å². The summed E-state index contributed by atoms with van der Waals surface area (Å²) in [6.45, 7) is 4.81. The molecule has 1 heterocycles. The normalized spacial score (nSPS) is 29.9. The number of hydrogen-bond donors (Lipinski definition) is 2. The monoisotopic (exact) mass is 199 g/mol. The Labute approximate surface area is 85.8 Å². The van der Waals surface area contributed by atoms with E-state index in [4.69, 9.17) is 5.73 Å². The van der Waals surface area contributed by atoms with E-state index in [1.165, 1.54) is 0 Å². The molecule has 0 aromatic carbocycles. The first-order valence-corrected chi connectivity index (χ1v) is 5.34. The van der Waals surface area contributed by atoms with Crippen molar-refractivity contribution in [3.63, 3.8) is 0 Å². The minimum Gasteiger partial charge on any atom is -0.368 e. The van der Waals surface area contributed by atoms with Gasteiger partial charge in [0.15, 0.2) is 0 Å². The zero-order chi connectivity index (χ0) is 10.6. The molecule has 0 aromatic heterocycles. The van der Waals surface area contributed by atoms with Gasteiger partial charge in [-0.2, -0.15) is 0 Å². The minimum absolute atomic E-state index is 0.199. The fraction of sp³-hybridized carbons (Fsp3) is 0.900. The number of primary amides is 1. The van der Waals surface area contributed by atoms with Crippen molar-refractivity contribution in [2.75, 3.05) is 26.7 Å². The van der Waals surface area contributed by atoms with Gasteiger partial charge in [-0.25, -0.2) is 0 Å². The third-order valence-corrected chi connectivity index (χ3v) is 3.05. The molecule has 0 aromatic rings. The highest BCUT2D eigenvalue weighted by Crippen LogP contribution is 2.21. The summed E-state index contributed by atoms with van der Waals surface area (Å²) in [5, 5.41) is 3.26. The Morgan fingerprint density at radius 2 is 2.21 bits per heavy atom. The molecule has 0 radical (unpaired) electrons. The quantitative estimate of drug-likeness (QED) is 0.669. The number of likely N-dealkylation sites (N-methyl/N-ethyl adjacent to an activating group) is 1. The second-order valence-corrected chi connectivity index (χ2v) is 4.13. The largest absolute Gasteiger partial charge is 0.368 e. The number of rotatable bonds is 3. The van der Waals surface area contributed by atoms with Crippen molar-refractivity contribution in [1.82, 2.24) is 10.2 Å². The maximum absolute atomic E-state index is 11.5. The number of amides is 1. The van der Waals surface area contributed by atoms with E-state index < -0.39 is 5.54 Å². The predicted molar refractivity (Wildman–Crippen MR) is 57.0 cm³/mol. The van der Waals surface area contributed by atoms with Crippen LogP contribution in [0.5, 0.6) is 0 Å². The van der Waals surface area contributed by atoms with Crippen molar-refractivity contribution in [2.24, 2.45) is 5.73 Å². The number of likely N-dealkylation sites (tertiary alicyclic amines) is 1. The highest BCUT2D eigenvalue weighted by Gasteiger charge is 2.36. The topological polar surface area (TPSA) is 58.4 Å². The number of nitrogens with one attached hydrogen (secondary N) is 1. The van der Waals surface area contributed by atoms with Gasteiger partial charge in [-0.3, -0.25) is 4.79 Å². The van der Waals surface area contributed by atoms with Crippen LogP contribution in [0, 0.1) is 0 Å². The van der Waals surface area contributed by atoms with Gasteiger partial charge in [-0.1, -0.05) is 6.92 Å². The maximum Gasteiger partial charge on any atom is 0.237 e. The van der Waals surface area contributed by atoms with E-state index in [2.05, 4.69) is 17.3 Å². The zero-order valence-electron chi connectivity index (χ0n) is 9.18. The van der Waals surface area contributed by atoms with Crippen molar-refractivity contribution < 1.29 is 4.79 Å². The van der Waals surface area contributed by atoms with Crippen LogP contribution in [0.1, 0.15) is 26.2 Å². The fourth-order valence-electron chi connectivity index (χ4n) is 2.12. The summed E-state index contributed by atoms with van der Waals surface area (Å²) in [5.74, 6) is -0.199. The first kappa shape index (κ1) is 11.5. The Morgan fingerprint density at radius 1 is 1.50 bits per heavy atom. The van der Waals surface area contributed by atoms with Crippen LogP contribution in [-0.2, 0) is 4.79 Å². The van der Waals surface area contributed by atoms with Gasteiger partial charge in [0.1, 0.15) is 0 Å². The van der Waals surface area contributed by atoms with Gasteiger partial charge in [-0.05, 0) is 39.4 Å². The number of carbonyl (C=O) groups is 1. The fourth-order valence-corrected chi connectivity index (χ4v) is 2.12. The summed E-state index contributed by atoms with van der Waals surface area (Å²) in [4.78, 5) is 13.7. The lowest BCUT2D eigenvalue weighted by atomic mass is 9.89. The van der Waals surface area contributed by atoms with Gasteiger partial charge >= 0.3 is 0 Å². The van der Waals surface area contributed by atoms with Crippen LogP contribution in [0.3, 0.4) is 0 Å². The average Bonchev–Trinajstić information content (AvgIpc) is 2.30. The van der Waals surface area contributed by atoms with Gasteiger partial charge in [0, 0.05) is 6.54 Å². The third kappa shape index (κ3) is 2.45. The van der Waals surface area contributed by atoms with Crippen LogP contribution in [-0.4, -0.2) is 43.0 Å². The van der Waals surface area contributed by atoms with E-state index in [9.17, 15) is 4.79 Å². The van der Waals surface area contributed by atoms with E-state index in [1.807, 2.05) is 6.92 Å². The molecular formula is C10H21N3O. The molecule has 1 fully saturated rings. The molecule has 82 valence electrons. The first-order chi connectivity index (χ1) is 6.60. The lowest BCUT2D eigenvalue weighted by Crippen LogP contribution is -2.55. The average molecular weight is 199 g/mol. The summed E-state index contributed by atoms with van der Waals surface area (Å²) >= 11 is 0. The molecule has 1 aliphatic heterocycles. The number of nitrogens with zero attached hydrogens (tertiary/aromatic N) is 1. The molecule has 1 atom stereocenters. The van der Waals surface area contributed by atoms with Crippen molar-refractivity contribution in [3.8, 4) is 0 Å². The number of carbonyl (C=O) groups excluding carboxylic acids is 1. The molecule has 0 saturated carbocycles. The zero-order valence-corrected chi connectivity index (χ0v) is 9.18. The van der Waals surface area contributed by atoms with Crippen molar-refractivity contribution >= 4 is 5.91 Å². The molecule has 4 heteroatoms. The van der Waals surface area contributed by atoms with Gasteiger partial charge in [0.25, 0.3) is 0 Å². The summed E-state index contributed by atoms with van der Waals surface area (Å²) in [6, 6.07) is 0. The molecule has 1 amide bonds. The molecule has 4 nitrogen and oxygen atoms in total. The van der Waals surface area contributed by atoms with Crippen molar-refractivity contribution in [3.05, 3.63) is 0 Å². The molecule has 1 aliphatic rings. The molecule has 3 N–H and O–H groups in total. The highest BCUT2D eigenvalue weighted by atomic mass is 16.1. The second kappa shape index (κ2) is 4.75. The lowest BCUT2D eigenvalue weighted by molar-refractivity contribution is -0.124. The van der Waals surface area contributed by atoms with E-state index in [1.54, 1.807) is 0 Å². The molecule has 0 bridgehead atoms. The van der Waals surface area contributed by atoms with Crippen LogP contribution in [0.4, 0.5) is 0 Å². The lowest BCUT2D eigenvalue weighted by Gasteiger charge is -2.30. The van der Waals surface area contributed by atoms with E-state index in [-0.39, 0.29) is 5.91 Å². The van der Waals surface area contributed by atoms with Crippen LogP contribution in [0.15, 0.2) is 0 Å². The smallest absolute Gasteiger partial charge is 0.237 e. The first-order valence-electron chi connectivity index (χ1n) is 5.34. The van der Waals surface area contributed by atoms with Gasteiger partial charge in [0.05, 0.1) is 5.54 Å². The SMILES string of the molecule is CCNC1(C(N)=O)CCCN(C)CC1. The Hall–Kier alpha value is -0.610. The summed E-state index contributed by atoms with van der Waals surface area (Å²) in [6.07, 6.45) is 2.72. The molecule has 1 unspecified atom stereocenters. The highest BCUT2D eigenvalue weighted by molar-refractivity contribution is 5.84. The predicted octanol–water partition coefficient (Wildman–Crippen LogP) is -0.0643. The molecular weight excluding hydrogens is 178 g/mol. The summed E-state index contributed by atoms with van der Waals surface area (Å²) in [7, 11) is 2.09. The van der Waals surface area contributed by atoms with Crippen LogP contribution in [0.25, 0.3) is 0 Å². The van der Waals surface area contributed by atoms with Crippen LogP contribution >= 0.6 is 0 Å². The molecule has 14 heavy (non-hydrogen) atoms. The molecule has 0 aliphatic carbocycles. The standard InChI is InChI=1S/C10H21N3O/c1-3-12-10(9(11)14)5-4-7-13(2)8-6-10/h12H,3-8H2,1-2H3,(H2,11,14). The van der Waals surface area contributed by atoms with Gasteiger partial charge in [-0.15, -0.1) is 0 Å². The number of hydrogen-bond acceptors (Lipinski definition) is 3. The van der Waals surface area contributed by atoms with Gasteiger partial charge < -0.3 is 16.0 Å². The van der Waals surface area contributed by atoms with Crippen molar-refractivity contribution in [1.29, 1.82) is 0 Å². The minimum atomic E-state index is -0.459. The van der Waals surface area contributed by atoms with E-state index in [0.717, 1.165) is 38.9 Å². The van der Waals surface area contributed by atoms with E-state index in [0.29, 0.717) is 0 Å². The molecule has 1 saturated heterocycles. The Morgan fingerprint density at radius 3 is 2.79 bits per heavy atom. The Bertz CT molecular complexity index is 208. The Balaban J connectivity index is 2.70. The van der Waals surface area contributed by atoms with Crippen LogP contribution < -0.4 is 11.1 Å². The van der Waals surface area contributed by atoms with Crippen LogP contribution in [0.2, 0.25) is 0 Å². The summed E-state index contributed by atoms with van der Waals surface area (Å²) < 4.78 is 0.